The van der Waals surface area contributed by atoms with Crippen LogP contribution in [0.2, 0.25) is 0 Å². The molecule has 4 heteroatoms. The zero-order valence-electron chi connectivity index (χ0n) is 8.83. The highest BCUT2D eigenvalue weighted by molar-refractivity contribution is 5.95. The molecule has 0 unspecified atom stereocenters. The number of fused-ring (bicyclic) bond motifs is 2. The molecule has 2 aromatic heterocycles. The predicted octanol–water partition coefficient (Wildman–Crippen LogP) is 2.56. The average Bonchev–Trinajstić information content (AvgIpc) is 2.50. The van der Waals surface area contributed by atoms with Gasteiger partial charge in [-0.2, -0.15) is 0 Å². The minimum atomic E-state index is -0.203. The molecule has 3 nitrogen and oxygen atoms in total. The largest absolute Gasteiger partial charge is 0.270 e. The third kappa shape index (κ3) is 2.10. The van der Waals surface area contributed by atoms with Gasteiger partial charge in [0, 0.05) is 23.8 Å². The van der Waals surface area contributed by atoms with Gasteiger partial charge in [0.05, 0.1) is 5.52 Å². The van der Waals surface area contributed by atoms with Gasteiger partial charge in [0.25, 0.3) is 5.56 Å². The summed E-state index contributed by atoms with van der Waals surface area (Å²) in [5.74, 6) is 0. The number of hydrogen-bond donors (Lipinski definition) is 0. The summed E-state index contributed by atoms with van der Waals surface area (Å²) in [5.41, 5.74) is 0.525. The van der Waals surface area contributed by atoms with Crippen LogP contribution >= 0.6 is 12.4 Å². The van der Waals surface area contributed by atoms with Gasteiger partial charge in [0.1, 0.15) is 0 Å². The predicted molar refractivity (Wildman–Crippen MR) is 70.6 cm³/mol. The summed E-state index contributed by atoms with van der Waals surface area (Å²) in [6, 6.07) is 11.1. The second-order valence-electron chi connectivity index (χ2n) is 3.60. The minimum absolute atomic E-state index is 0. The van der Waals surface area contributed by atoms with Gasteiger partial charge in [0.2, 0.25) is 0 Å². The molecule has 0 bridgehead atoms. The maximum Gasteiger partial charge on any atom is 0.270 e. The van der Waals surface area contributed by atoms with Gasteiger partial charge in [-0.15, -0.1) is 12.4 Å². The van der Waals surface area contributed by atoms with Crippen molar-refractivity contribution in [3.8, 4) is 0 Å². The van der Waals surface area contributed by atoms with E-state index >= 15 is 0 Å². The molecule has 3 rings (SSSR count). The van der Waals surface area contributed by atoms with Gasteiger partial charge in [-0.3, -0.25) is 9.78 Å². The minimum Gasteiger partial charge on any atom is -0.267 e. The summed E-state index contributed by atoms with van der Waals surface area (Å²) >= 11 is 0. The van der Waals surface area contributed by atoms with Crippen molar-refractivity contribution in [1.82, 2.24) is 9.97 Å². The fourth-order valence-corrected chi connectivity index (χ4v) is 1.77. The highest BCUT2D eigenvalue weighted by atomic mass is 35.5. The topological polar surface area (TPSA) is 42.9 Å². The molecule has 17 heavy (non-hydrogen) atoms. The van der Waals surface area contributed by atoms with Crippen molar-refractivity contribution in [3.05, 3.63) is 59.1 Å². The van der Waals surface area contributed by atoms with E-state index in [-0.39, 0.29) is 18.0 Å². The average molecular weight is 245 g/mol. The molecule has 0 aliphatic heterocycles. The quantitative estimate of drug-likeness (QED) is 0.610. The van der Waals surface area contributed by atoms with Crippen LogP contribution in [0.1, 0.15) is 0 Å². The van der Waals surface area contributed by atoms with Crippen LogP contribution in [0, 0.1) is 0 Å². The Hall–Kier alpha value is -2.00. The highest BCUT2D eigenvalue weighted by Crippen LogP contribution is 2.18. The molecule has 0 aliphatic rings. The Morgan fingerprint density at radius 3 is 2.29 bits per heavy atom. The molecule has 0 atom stereocenters. The number of aromatic nitrogens is 2. The van der Waals surface area contributed by atoms with Gasteiger partial charge in [-0.25, -0.2) is 4.98 Å². The van der Waals surface area contributed by atoms with E-state index in [2.05, 4.69) is 9.97 Å². The lowest BCUT2D eigenvalue weighted by atomic mass is 10.1. The van der Waals surface area contributed by atoms with Crippen molar-refractivity contribution in [2.75, 3.05) is 0 Å². The molecule has 3 aromatic rings. The van der Waals surface area contributed by atoms with E-state index in [1.54, 1.807) is 18.5 Å². The van der Waals surface area contributed by atoms with Crippen LogP contribution in [0.25, 0.3) is 21.7 Å². The molecule has 1 aromatic carbocycles. The number of benzene rings is 1. The molecular formula is C13H9ClN2O. The van der Waals surface area contributed by atoms with Crippen molar-refractivity contribution < 1.29 is 0 Å². The van der Waals surface area contributed by atoms with Gasteiger partial charge in [-0.1, -0.05) is 0 Å². The van der Waals surface area contributed by atoms with Gasteiger partial charge < -0.3 is 0 Å². The Morgan fingerprint density at radius 1 is 0.824 bits per heavy atom. The highest BCUT2D eigenvalue weighted by Gasteiger charge is 1.98. The van der Waals surface area contributed by atoms with Crippen LogP contribution in [0.5, 0.6) is 0 Å². The van der Waals surface area contributed by atoms with Crippen molar-refractivity contribution in [2.24, 2.45) is 0 Å². The zero-order chi connectivity index (χ0) is 11.0. The van der Waals surface area contributed by atoms with Crippen molar-refractivity contribution in [3.63, 3.8) is 0 Å². The fraction of sp³-hybridized carbons (Fsp3) is 0. The van der Waals surface area contributed by atoms with Crippen molar-refractivity contribution in [2.45, 2.75) is 0 Å². The van der Waals surface area contributed by atoms with E-state index in [4.69, 9.17) is 0 Å². The van der Waals surface area contributed by atoms with Crippen molar-refractivity contribution >= 4 is 34.1 Å². The number of nitrogens with zero attached hydrogens (tertiary/aromatic N) is 2. The molecule has 0 saturated heterocycles. The molecule has 0 amide bonds. The molecule has 0 spiro atoms. The van der Waals surface area contributed by atoms with Crippen LogP contribution in [0.15, 0.2) is 53.6 Å². The second kappa shape index (κ2) is 4.47. The number of pyridine rings is 1. The van der Waals surface area contributed by atoms with E-state index in [1.807, 2.05) is 24.3 Å². The first-order valence-electron chi connectivity index (χ1n) is 4.98. The monoisotopic (exact) mass is 244 g/mol. The standard InChI is InChI=1S/C13H8N2O.ClH/c16-13-2-1-11-7-9-3-5-14-6-4-10(9)8-12(11)15-13;/h1-8H;1H. The molecule has 0 radical (unpaired) electrons. The number of hydrogen-bond acceptors (Lipinski definition) is 3. The Balaban J connectivity index is 0.00000108. The third-order valence-corrected chi connectivity index (χ3v) is 2.55. The third-order valence-electron chi connectivity index (χ3n) is 2.55. The van der Waals surface area contributed by atoms with Crippen LogP contribution < -0.4 is 5.56 Å². The molecule has 0 aliphatic carbocycles. The summed E-state index contributed by atoms with van der Waals surface area (Å²) in [7, 11) is 0. The smallest absolute Gasteiger partial charge is 0.267 e. The molecule has 0 fully saturated rings. The summed E-state index contributed by atoms with van der Waals surface area (Å²) in [5, 5.41) is 3.09. The summed E-state index contributed by atoms with van der Waals surface area (Å²) in [6.07, 6.45) is 3.48. The lowest BCUT2D eigenvalue weighted by molar-refractivity contribution is 1.31. The first-order valence-corrected chi connectivity index (χ1v) is 4.98. The van der Waals surface area contributed by atoms with E-state index in [9.17, 15) is 4.79 Å². The van der Waals surface area contributed by atoms with Crippen LogP contribution in [0.4, 0.5) is 0 Å². The Bertz CT molecular complexity index is 743. The summed E-state index contributed by atoms with van der Waals surface area (Å²) in [4.78, 5) is 19.2. The molecule has 0 N–H and O–H groups in total. The van der Waals surface area contributed by atoms with Crippen molar-refractivity contribution in [1.29, 1.82) is 0 Å². The Morgan fingerprint density at radius 2 is 1.53 bits per heavy atom. The molecule has 2 heterocycles. The van der Waals surface area contributed by atoms with Crippen LogP contribution in [-0.4, -0.2) is 9.97 Å². The number of rotatable bonds is 0. The lowest BCUT2D eigenvalue weighted by Crippen LogP contribution is -2.01. The van der Waals surface area contributed by atoms with E-state index in [0.717, 1.165) is 21.7 Å². The fourth-order valence-electron chi connectivity index (χ4n) is 1.77. The first kappa shape index (κ1) is 11.5. The molecule has 0 saturated carbocycles. The maximum absolute atomic E-state index is 11.2. The summed E-state index contributed by atoms with van der Waals surface area (Å²) < 4.78 is 0. The maximum atomic E-state index is 11.2. The van der Waals surface area contributed by atoms with Gasteiger partial charge >= 0.3 is 0 Å². The summed E-state index contributed by atoms with van der Waals surface area (Å²) in [6.45, 7) is 0. The number of halogens is 1. The zero-order valence-corrected chi connectivity index (χ0v) is 9.65. The molecule has 84 valence electrons. The SMILES string of the molecule is Cl.O=c1ccc2cc3ccnccc3cc2n1. The normalized spacial score (nSPS) is 10.1. The Labute approximate surface area is 104 Å². The van der Waals surface area contributed by atoms with Crippen LogP contribution in [0.3, 0.4) is 0 Å². The Kier molecular flexibility index (Phi) is 3.02. The van der Waals surface area contributed by atoms with Gasteiger partial charge in [-0.05, 0) is 41.1 Å². The van der Waals surface area contributed by atoms with E-state index in [1.165, 1.54) is 6.07 Å². The lowest BCUT2D eigenvalue weighted by Gasteiger charge is -1.97. The molecular weight excluding hydrogens is 236 g/mol. The van der Waals surface area contributed by atoms with E-state index in [0.29, 0.717) is 0 Å². The second-order valence-corrected chi connectivity index (χ2v) is 3.60. The van der Waals surface area contributed by atoms with Crippen LogP contribution in [-0.2, 0) is 0 Å². The first-order chi connectivity index (χ1) is 7.83. The van der Waals surface area contributed by atoms with E-state index < -0.39 is 0 Å². The van der Waals surface area contributed by atoms with Gasteiger partial charge in [0.15, 0.2) is 0 Å².